The number of halogens is 2. The van der Waals surface area contributed by atoms with Gasteiger partial charge in [-0.15, -0.1) is 0 Å². The van der Waals surface area contributed by atoms with Crippen LogP contribution >= 0.6 is 0 Å². The average Bonchev–Trinajstić information content (AvgIpc) is 3.12. The highest BCUT2D eigenvalue weighted by Crippen LogP contribution is 2.28. The summed E-state index contributed by atoms with van der Waals surface area (Å²) in [7, 11) is 1.29. The third-order valence-electron chi connectivity index (χ3n) is 5.80. The minimum Gasteiger partial charge on any atom is -0.494 e. The topological polar surface area (TPSA) is 114 Å². The number of nitrogens with zero attached hydrogens (tertiary/aromatic N) is 2. The highest BCUT2D eigenvalue weighted by atomic mass is 19.1. The number of hydrogen-bond acceptors (Lipinski definition) is 5. The van der Waals surface area contributed by atoms with Gasteiger partial charge >= 0.3 is 6.09 Å². The van der Waals surface area contributed by atoms with E-state index in [0.717, 1.165) is 18.1 Å². The van der Waals surface area contributed by atoms with Crippen LogP contribution in [-0.2, 0) is 6.61 Å². The Labute approximate surface area is 207 Å². The summed E-state index contributed by atoms with van der Waals surface area (Å²) in [6.45, 7) is 6.74. The van der Waals surface area contributed by atoms with Gasteiger partial charge < -0.3 is 25.2 Å². The summed E-state index contributed by atoms with van der Waals surface area (Å²) < 4.78 is 41.0. The molecule has 3 rings (SSSR count). The normalized spacial score (nSPS) is 12.8. The Kier molecular flexibility index (Phi) is 8.01. The highest BCUT2D eigenvalue weighted by Gasteiger charge is 2.28. The molecule has 0 bridgehead atoms. The Morgan fingerprint density at radius 1 is 1.22 bits per heavy atom. The fourth-order valence-electron chi connectivity index (χ4n) is 4.12. The molecule has 0 aliphatic heterocycles. The number of aromatic nitrogens is 2. The molecular weight excluding hydrogens is 474 g/mol. The first-order valence-electron chi connectivity index (χ1n) is 11.4. The van der Waals surface area contributed by atoms with Crippen LogP contribution in [0, 0.1) is 25.5 Å². The molecule has 1 aromatic carbocycles. The molecule has 3 N–H and O–H groups in total. The van der Waals surface area contributed by atoms with E-state index in [0.29, 0.717) is 17.8 Å². The zero-order valence-corrected chi connectivity index (χ0v) is 20.9. The third kappa shape index (κ3) is 5.67. The number of aryl methyl sites for hydroxylation is 2. The van der Waals surface area contributed by atoms with Gasteiger partial charge in [0.1, 0.15) is 18.1 Å². The average molecular weight is 505 g/mol. The van der Waals surface area contributed by atoms with Crippen LogP contribution in [0.3, 0.4) is 0 Å². The Bertz CT molecular complexity index is 1290. The molecule has 2 heterocycles. The van der Waals surface area contributed by atoms with E-state index < -0.39 is 35.8 Å². The van der Waals surface area contributed by atoms with Crippen molar-refractivity contribution in [2.45, 2.75) is 52.7 Å². The second-order valence-corrected chi connectivity index (χ2v) is 8.88. The van der Waals surface area contributed by atoms with Crippen molar-refractivity contribution >= 4 is 17.6 Å². The SMILES string of the molecule is CCCC(C)(CNC(=O)c1c(C)nc2c(OCc3c(F)ccc(OC)c3F)cc(C)cn12)NC(=O)O. The van der Waals surface area contributed by atoms with Gasteiger partial charge in [-0.3, -0.25) is 9.20 Å². The van der Waals surface area contributed by atoms with Crippen LogP contribution in [0.15, 0.2) is 24.4 Å². The lowest BCUT2D eigenvalue weighted by Crippen LogP contribution is -2.53. The third-order valence-corrected chi connectivity index (χ3v) is 5.80. The van der Waals surface area contributed by atoms with Crippen molar-refractivity contribution in [3.63, 3.8) is 0 Å². The number of hydrogen-bond donors (Lipinski definition) is 3. The smallest absolute Gasteiger partial charge is 0.405 e. The molecule has 36 heavy (non-hydrogen) atoms. The van der Waals surface area contributed by atoms with Gasteiger partial charge in [0.15, 0.2) is 23.0 Å². The molecule has 194 valence electrons. The Morgan fingerprint density at radius 3 is 2.58 bits per heavy atom. The fraction of sp³-hybridized carbons (Fsp3) is 0.400. The van der Waals surface area contributed by atoms with Crippen molar-refractivity contribution in [3.8, 4) is 11.5 Å². The number of nitrogens with one attached hydrogen (secondary N) is 2. The molecule has 0 spiro atoms. The molecule has 2 aromatic heterocycles. The van der Waals surface area contributed by atoms with E-state index in [2.05, 4.69) is 15.6 Å². The second kappa shape index (κ2) is 10.8. The first kappa shape index (κ1) is 26.7. The summed E-state index contributed by atoms with van der Waals surface area (Å²) in [6, 6.07) is 3.95. The summed E-state index contributed by atoms with van der Waals surface area (Å²) >= 11 is 0. The van der Waals surface area contributed by atoms with Gasteiger partial charge in [-0.25, -0.2) is 18.6 Å². The van der Waals surface area contributed by atoms with Gasteiger partial charge in [-0.05, 0) is 51.0 Å². The van der Waals surface area contributed by atoms with Gasteiger partial charge in [-0.2, -0.15) is 0 Å². The number of carbonyl (C=O) groups is 2. The maximum Gasteiger partial charge on any atom is 0.405 e. The highest BCUT2D eigenvalue weighted by molar-refractivity contribution is 5.95. The van der Waals surface area contributed by atoms with Gasteiger partial charge in [0.05, 0.1) is 23.9 Å². The molecular formula is C25H30F2N4O5. The van der Waals surface area contributed by atoms with Crippen LogP contribution in [0.5, 0.6) is 11.5 Å². The number of methoxy groups -OCH3 is 1. The summed E-state index contributed by atoms with van der Waals surface area (Å²) in [5.41, 5.74) is 0.526. The molecule has 1 atom stereocenters. The zero-order valence-electron chi connectivity index (χ0n) is 20.9. The van der Waals surface area contributed by atoms with E-state index in [1.807, 2.05) is 6.92 Å². The maximum atomic E-state index is 14.6. The van der Waals surface area contributed by atoms with E-state index >= 15 is 0 Å². The van der Waals surface area contributed by atoms with Crippen molar-refractivity contribution in [2.75, 3.05) is 13.7 Å². The number of fused-ring (bicyclic) bond motifs is 1. The Hall–Kier alpha value is -3.89. The molecule has 1 unspecified atom stereocenters. The van der Waals surface area contributed by atoms with Gasteiger partial charge in [-0.1, -0.05) is 13.3 Å². The molecule has 3 aromatic rings. The zero-order chi connectivity index (χ0) is 26.6. The van der Waals surface area contributed by atoms with Crippen LogP contribution in [0.4, 0.5) is 13.6 Å². The molecule has 0 aliphatic rings. The number of imidazole rings is 1. The van der Waals surface area contributed by atoms with Crippen LogP contribution in [-0.4, -0.2) is 45.7 Å². The minimum absolute atomic E-state index is 0.0716. The monoisotopic (exact) mass is 504 g/mol. The largest absolute Gasteiger partial charge is 0.494 e. The predicted octanol–water partition coefficient (Wildman–Crippen LogP) is 4.37. The first-order chi connectivity index (χ1) is 17.0. The predicted molar refractivity (Wildman–Crippen MR) is 129 cm³/mol. The molecule has 2 amide bonds. The van der Waals surface area contributed by atoms with E-state index in [1.54, 1.807) is 37.4 Å². The summed E-state index contributed by atoms with van der Waals surface area (Å²) in [4.78, 5) is 28.8. The van der Waals surface area contributed by atoms with Crippen molar-refractivity contribution in [3.05, 3.63) is 58.5 Å². The second-order valence-electron chi connectivity index (χ2n) is 8.88. The van der Waals surface area contributed by atoms with Crippen molar-refractivity contribution in [1.29, 1.82) is 0 Å². The first-order valence-corrected chi connectivity index (χ1v) is 11.4. The fourth-order valence-corrected chi connectivity index (χ4v) is 4.12. The van der Waals surface area contributed by atoms with E-state index in [1.165, 1.54) is 13.2 Å². The number of benzene rings is 1. The van der Waals surface area contributed by atoms with E-state index in [9.17, 15) is 18.4 Å². The Balaban J connectivity index is 1.90. The van der Waals surface area contributed by atoms with Crippen LogP contribution < -0.4 is 20.1 Å². The number of rotatable bonds is 10. The standard InChI is InChI=1S/C25H30F2N4O5/c1-6-9-25(4,30-24(33)34)13-28-23(32)21-15(3)29-22-19(10-14(2)11-31(21)22)36-12-16-17(26)7-8-18(35-5)20(16)27/h7-8,10-11,30H,6,9,12-13H2,1-5H3,(H,28,32)(H,33,34). The lowest BCUT2D eigenvalue weighted by Gasteiger charge is -2.29. The molecule has 0 radical (unpaired) electrons. The lowest BCUT2D eigenvalue weighted by molar-refractivity contribution is 0.0929. The van der Waals surface area contributed by atoms with Gasteiger partial charge in [0.2, 0.25) is 0 Å². The lowest BCUT2D eigenvalue weighted by atomic mass is 9.96. The number of carbonyl (C=O) groups excluding carboxylic acids is 1. The van der Waals surface area contributed by atoms with Gasteiger partial charge in [0, 0.05) is 12.7 Å². The molecule has 0 saturated carbocycles. The van der Waals surface area contributed by atoms with Crippen LogP contribution in [0.1, 0.15) is 54.0 Å². The number of ether oxygens (including phenoxy) is 2. The maximum absolute atomic E-state index is 14.6. The number of carboxylic acid groups (broad SMARTS) is 1. The van der Waals surface area contributed by atoms with Crippen molar-refractivity contribution in [1.82, 2.24) is 20.0 Å². The Morgan fingerprint density at radius 2 is 1.94 bits per heavy atom. The summed E-state index contributed by atoms with van der Waals surface area (Å²) in [6.07, 6.45) is 1.77. The quantitative estimate of drug-likeness (QED) is 0.378. The molecule has 11 heteroatoms. The van der Waals surface area contributed by atoms with Crippen LogP contribution in [0.25, 0.3) is 5.65 Å². The summed E-state index contributed by atoms with van der Waals surface area (Å²) in [5, 5.41) is 14.4. The number of pyridine rings is 1. The minimum atomic E-state index is -1.17. The van der Waals surface area contributed by atoms with Crippen molar-refractivity contribution < 1.29 is 33.0 Å². The molecule has 0 fully saturated rings. The van der Waals surface area contributed by atoms with Crippen LogP contribution in [0.2, 0.25) is 0 Å². The summed E-state index contributed by atoms with van der Waals surface area (Å²) in [5.74, 6) is -1.95. The van der Waals surface area contributed by atoms with E-state index in [-0.39, 0.29) is 29.3 Å². The van der Waals surface area contributed by atoms with Crippen molar-refractivity contribution in [2.24, 2.45) is 0 Å². The molecule has 9 nitrogen and oxygen atoms in total. The van der Waals surface area contributed by atoms with E-state index in [4.69, 9.17) is 14.6 Å². The van der Waals surface area contributed by atoms with Gasteiger partial charge in [0.25, 0.3) is 5.91 Å². The molecule has 0 saturated heterocycles. The molecule has 0 aliphatic carbocycles. The number of amides is 2.